The van der Waals surface area contributed by atoms with Crippen LogP contribution in [-0.2, 0) is 6.54 Å². The van der Waals surface area contributed by atoms with Crippen LogP contribution in [0.5, 0.6) is 0 Å². The van der Waals surface area contributed by atoms with Crippen molar-refractivity contribution in [2.24, 2.45) is 5.92 Å². The van der Waals surface area contributed by atoms with Crippen LogP contribution in [0.4, 0.5) is 0 Å². The Morgan fingerprint density at radius 2 is 2.18 bits per heavy atom. The van der Waals surface area contributed by atoms with Crippen LogP contribution in [0, 0.1) is 19.8 Å². The third kappa shape index (κ3) is 3.09. The van der Waals surface area contributed by atoms with E-state index in [1.165, 1.54) is 31.6 Å². The molecule has 1 fully saturated rings. The lowest BCUT2D eigenvalue weighted by Crippen LogP contribution is -2.36. The maximum atomic E-state index is 4.58. The van der Waals surface area contributed by atoms with Gasteiger partial charge in [-0.25, -0.2) is 0 Å². The Morgan fingerprint density at radius 1 is 1.41 bits per heavy atom. The maximum Gasteiger partial charge on any atom is 0.0596 e. The van der Waals surface area contributed by atoms with Gasteiger partial charge >= 0.3 is 0 Å². The highest BCUT2D eigenvalue weighted by atomic mass is 15.3. The van der Waals surface area contributed by atoms with E-state index in [0.717, 1.165) is 18.2 Å². The molecule has 0 spiro atoms. The summed E-state index contributed by atoms with van der Waals surface area (Å²) in [7, 11) is 0. The molecule has 0 radical (unpaired) electrons. The van der Waals surface area contributed by atoms with E-state index < -0.39 is 0 Å². The summed E-state index contributed by atoms with van der Waals surface area (Å²) in [6.45, 7) is 12.4. The second kappa shape index (κ2) is 5.21. The Balaban J connectivity index is 2.00. The summed E-state index contributed by atoms with van der Waals surface area (Å²) >= 11 is 0. The van der Waals surface area contributed by atoms with Gasteiger partial charge in [-0.1, -0.05) is 13.8 Å². The Morgan fingerprint density at radius 3 is 2.76 bits per heavy atom. The van der Waals surface area contributed by atoms with Crippen molar-refractivity contribution in [3.63, 3.8) is 0 Å². The van der Waals surface area contributed by atoms with Gasteiger partial charge in [0.1, 0.15) is 0 Å². The summed E-state index contributed by atoms with van der Waals surface area (Å²) in [5.74, 6) is 0.760. The second-order valence-electron chi connectivity index (χ2n) is 5.79. The SMILES string of the molecule is Cc1cc(C)n(CC2CCCN2CC(C)C)n1. The van der Waals surface area contributed by atoms with Crippen molar-refractivity contribution in [2.75, 3.05) is 13.1 Å². The Labute approximate surface area is 105 Å². The molecule has 3 nitrogen and oxygen atoms in total. The molecule has 0 aliphatic carbocycles. The van der Waals surface area contributed by atoms with Gasteiger partial charge in [0.2, 0.25) is 0 Å². The first kappa shape index (κ1) is 12.6. The molecule has 0 N–H and O–H groups in total. The molecule has 2 rings (SSSR count). The van der Waals surface area contributed by atoms with E-state index in [-0.39, 0.29) is 0 Å². The third-order valence-electron chi connectivity index (χ3n) is 3.59. The lowest BCUT2D eigenvalue weighted by atomic mass is 10.1. The van der Waals surface area contributed by atoms with Gasteiger partial charge in [0.15, 0.2) is 0 Å². The molecule has 1 unspecified atom stereocenters. The van der Waals surface area contributed by atoms with Crippen molar-refractivity contribution in [3.05, 3.63) is 17.5 Å². The summed E-state index contributed by atoms with van der Waals surface area (Å²) in [4.78, 5) is 2.64. The maximum absolute atomic E-state index is 4.58. The van der Waals surface area contributed by atoms with Crippen LogP contribution < -0.4 is 0 Å². The van der Waals surface area contributed by atoms with Gasteiger partial charge in [0, 0.05) is 18.3 Å². The molecule has 0 bridgehead atoms. The van der Waals surface area contributed by atoms with Gasteiger partial charge in [-0.05, 0) is 45.2 Å². The van der Waals surface area contributed by atoms with Crippen LogP contribution in [-0.4, -0.2) is 33.8 Å². The first-order valence-corrected chi connectivity index (χ1v) is 6.81. The molecular weight excluding hydrogens is 210 g/mol. The van der Waals surface area contributed by atoms with Gasteiger partial charge < -0.3 is 0 Å². The van der Waals surface area contributed by atoms with Gasteiger partial charge in [-0.15, -0.1) is 0 Å². The van der Waals surface area contributed by atoms with Crippen molar-refractivity contribution in [1.29, 1.82) is 0 Å². The molecular formula is C14H25N3. The fourth-order valence-electron chi connectivity index (χ4n) is 2.87. The quantitative estimate of drug-likeness (QED) is 0.800. The summed E-state index contributed by atoms with van der Waals surface area (Å²) in [6, 6.07) is 2.86. The predicted octanol–water partition coefficient (Wildman–Crippen LogP) is 2.62. The van der Waals surface area contributed by atoms with E-state index in [2.05, 4.69) is 48.4 Å². The molecule has 3 heteroatoms. The fourth-order valence-corrected chi connectivity index (χ4v) is 2.87. The third-order valence-corrected chi connectivity index (χ3v) is 3.59. The topological polar surface area (TPSA) is 21.1 Å². The first-order chi connectivity index (χ1) is 8.06. The minimum atomic E-state index is 0.690. The molecule has 0 saturated carbocycles. The normalized spacial score (nSPS) is 21.6. The molecule has 0 amide bonds. The van der Waals surface area contributed by atoms with Crippen molar-refractivity contribution in [1.82, 2.24) is 14.7 Å². The number of likely N-dealkylation sites (tertiary alicyclic amines) is 1. The minimum Gasteiger partial charge on any atom is -0.298 e. The first-order valence-electron chi connectivity index (χ1n) is 6.81. The minimum absolute atomic E-state index is 0.690. The number of rotatable bonds is 4. The Hall–Kier alpha value is -0.830. The highest BCUT2D eigenvalue weighted by molar-refractivity contribution is 5.06. The lowest BCUT2D eigenvalue weighted by Gasteiger charge is -2.26. The number of aryl methyl sites for hydroxylation is 2. The van der Waals surface area contributed by atoms with E-state index in [1.54, 1.807) is 0 Å². The number of hydrogen-bond donors (Lipinski definition) is 0. The molecule has 0 aromatic carbocycles. The molecule has 96 valence electrons. The molecule has 2 heterocycles. The van der Waals surface area contributed by atoms with Crippen LogP contribution in [0.2, 0.25) is 0 Å². The predicted molar refractivity (Wildman–Crippen MR) is 71.1 cm³/mol. The molecule has 1 aromatic heterocycles. The van der Waals surface area contributed by atoms with Crippen LogP contribution in [0.1, 0.15) is 38.1 Å². The number of aromatic nitrogens is 2. The van der Waals surface area contributed by atoms with E-state index >= 15 is 0 Å². The van der Waals surface area contributed by atoms with Crippen molar-refractivity contribution >= 4 is 0 Å². The van der Waals surface area contributed by atoms with Crippen molar-refractivity contribution < 1.29 is 0 Å². The molecule has 1 atom stereocenters. The van der Waals surface area contributed by atoms with E-state index in [0.29, 0.717) is 6.04 Å². The molecule has 1 aromatic rings. The summed E-state index contributed by atoms with van der Waals surface area (Å²) < 4.78 is 2.18. The van der Waals surface area contributed by atoms with Crippen LogP contribution in [0.25, 0.3) is 0 Å². The zero-order chi connectivity index (χ0) is 12.4. The zero-order valence-corrected chi connectivity index (χ0v) is 11.6. The average molecular weight is 235 g/mol. The largest absolute Gasteiger partial charge is 0.298 e. The molecule has 1 aliphatic rings. The molecule has 1 saturated heterocycles. The van der Waals surface area contributed by atoms with E-state index in [4.69, 9.17) is 0 Å². The van der Waals surface area contributed by atoms with E-state index in [1.807, 2.05) is 0 Å². The number of nitrogens with zero attached hydrogens (tertiary/aromatic N) is 3. The Bertz CT molecular complexity index is 368. The highest BCUT2D eigenvalue weighted by Crippen LogP contribution is 2.20. The lowest BCUT2D eigenvalue weighted by molar-refractivity contribution is 0.203. The van der Waals surface area contributed by atoms with E-state index in [9.17, 15) is 0 Å². The average Bonchev–Trinajstić information content (AvgIpc) is 2.75. The highest BCUT2D eigenvalue weighted by Gasteiger charge is 2.25. The molecule has 17 heavy (non-hydrogen) atoms. The molecule has 1 aliphatic heterocycles. The number of hydrogen-bond acceptors (Lipinski definition) is 2. The van der Waals surface area contributed by atoms with Crippen molar-refractivity contribution in [2.45, 2.75) is 53.1 Å². The van der Waals surface area contributed by atoms with Gasteiger partial charge in [0.05, 0.1) is 12.2 Å². The van der Waals surface area contributed by atoms with Crippen LogP contribution in [0.3, 0.4) is 0 Å². The van der Waals surface area contributed by atoms with Gasteiger partial charge in [0.25, 0.3) is 0 Å². The van der Waals surface area contributed by atoms with Crippen molar-refractivity contribution in [3.8, 4) is 0 Å². The smallest absolute Gasteiger partial charge is 0.0596 e. The summed E-state index contributed by atoms with van der Waals surface area (Å²) in [5, 5.41) is 4.58. The second-order valence-corrected chi connectivity index (χ2v) is 5.79. The monoisotopic (exact) mass is 235 g/mol. The zero-order valence-electron chi connectivity index (χ0n) is 11.6. The Kier molecular flexibility index (Phi) is 3.87. The fraction of sp³-hybridized carbons (Fsp3) is 0.786. The summed E-state index contributed by atoms with van der Waals surface area (Å²) in [6.07, 6.45) is 2.67. The van der Waals surface area contributed by atoms with Gasteiger partial charge in [-0.3, -0.25) is 9.58 Å². The summed E-state index contributed by atoms with van der Waals surface area (Å²) in [5.41, 5.74) is 2.43. The van der Waals surface area contributed by atoms with Gasteiger partial charge in [-0.2, -0.15) is 5.10 Å². The van der Waals surface area contributed by atoms with Crippen LogP contribution >= 0.6 is 0 Å². The van der Waals surface area contributed by atoms with Crippen LogP contribution in [0.15, 0.2) is 6.07 Å². The standard InChI is InChI=1S/C14H25N3/c1-11(2)9-16-7-5-6-14(16)10-17-13(4)8-12(3)15-17/h8,11,14H,5-7,9-10H2,1-4H3.